The molecule has 2 unspecified atom stereocenters. The van der Waals surface area contributed by atoms with E-state index in [1.165, 1.54) is 11.9 Å². The molecule has 0 saturated heterocycles. The van der Waals surface area contributed by atoms with Gasteiger partial charge in [0, 0.05) is 12.6 Å². The fraction of sp³-hybridized carbons (Fsp3) is 0.318. The van der Waals surface area contributed by atoms with Crippen molar-refractivity contribution in [3.63, 3.8) is 0 Å². The summed E-state index contributed by atoms with van der Waals surface area (Å²) in [5, 5.41) is 8.99. The molecule has 0 bridgehead atoms. The van der Waals surface area contributed by atoms with Gasteiger partial charge in [-0.05, 0) is 30.5 Å². The molecular weight excluding hydrogens is 338 g/mol. The predicted molar refractivity (Wildman–Crippen MR) is 107 cm³/mol. The van der Waals surface area contributed by atoms with Crippen LogP contribution in [-0.2, 0) is 9.59 Å². The van der Waals surface area contributed by atoms with Gasteiger partial charge in [0.25, 0.3) is 0 Å². The van der Waals surface area contributed by atoms with Crippen LogP contribution in [0, 0.1) is 18.8 Å². The molecule has 27 heavy (non-hydrogen) atoms. The number of amides is 2. The van der Waals surface area contributed by atoms with Crippen LogP contribution in [0.2, 0.25) is 0 Å². The van der Waals surface area contributed by atoms with E-state index in [-0.39, 0.29) is 17.7 Å². The third kappa shape index (κ3) is 3.92. The van der Waals surface area contributed by atoms with Gasteiger partial charge in [0.05, 0.1) is 11.8 Å². The van der Waals surface area contributed by atoms with Crippen molar-refractivity contribution in [3.05, 3.63) is 65.7 Å². The van der Waals surface area contributed by atoms with Crippen LogP contribution in [0.1, 0.15) is 37.9 Å². The Hall–Kier alpha value is -2.95. The normalized spacial score (nSPS) is 19.1. The standard InChI is InChI=1S/C22H25N3O2/c1-14(2)20-19(22(27)23-18-8-6-5-7-9-18)21(25(24-20)16(4)26)17-12-10-15(3)11-13-17/h5-14,19,21H,1-4H3,(H,23,27). The van der Waals surface area contributed by atoms with E-state index in [0.717, 1.165) is 22.5 Å². The summed E-state index contributed by atoms with van der Waals surface area (Å²) in [6.45, 7) is 7.49. The van der Waals surface area contributed by atoms with Gasteiger partial charge in [-0.15, -0.1) is 0 Å². The molecule has 3 rings (SSSR count). The van der Waals surface area contributed by atoms with Crippen LogP contribution in [0.4, 0.5) is 5.69 Å². The summed E-state index contributed by atoms with van der Waals surface area (Å²) in [5.41, 5.74) is 3.49. The average Bonchev–Trinajstić information content (AvgIpc) is 3.04. The van der Waals surface area contributed by atoms with E-state index in [2.05, 4.69) is 10.4 Å². The number of hydrogen-bond donors (Lipinski definition) is 1. The van der Waals surface area contributed by atoms with E-state index in [1.54, 1.807) is 0 Å². The molecule has 0 aromatic heterocycles. The summed E-state index contributed by atoms with van der Waals surface area (Å²) >= 11 is 0. The third-order valence-electron chi connectivity index (χ3n) is 4.78. The number of rotatable bonds is 4. The Bertz CT molecular complexity index is 857. The summed E-state index contributed by atoms with van der Waals surface area (Å²) in [5.74, 6) is -0.803. The van der Waals surface area contributed by atoms with Gasteiger partial charge in [-0.2, -0.15) is 5.10 Å². The van der Waals surface area contributed by atoms with Gasteiger partial charge in [0.1, 0.15) is 5.92 Å². The number of aryl methyl sites for hydroxylation is 1. The molecule has 5 heteroatoms. The van der Waals surface area contributed by atoms with Crippen molar-refractivity contribution in [3.8, 4) is 0 Å². The van der Waals surface area contributed by atoms with E-state index in [9.17, 15) is 9.59 Å². The fourth-order valence-electron chi connectivity index (χ4n) is 3.41. The van der Waals surface area contributed by atoms with Crippen LogP contribution in [0.25, 0.3) is 0 Å². The van der Waals surface area contributed by atoms with Crippen molar-refractivity contribution in [1.82, 2.24) is 5.01 Å². The van der Waals surface area contributed by atoms with Crippen LogP contribution in [0.5, 0.6) is 0 Å². The topological polar surface area (TPSA) is 61.8 Å². The Morgan fingerprint density at radius 2 is 1.67 bits per heavy atom. The number of hydrogen-bond acceptors (Lipinski definition) is 3. The van der Waals surface area contributed by atoms with Gasteiger partial charge in [-0.25, -0.2) is 5.01 Å². The molecule has 2 aromatic carbocycles. The zero-order valence-corrected chi connectivity index (χ0v) is 16.1. The molecule has 0 saturated carbocycles. The number of para-hydroxylation sites is 1. The molecule has 2 atom stereocenters. The minimum absolute atomic E-state index is 0.0498. The van der Waals surface area contributed by atoms with Gasteiger partial charge in [-0.1, -0.05) is 61.9 Å². The van der Waals surface area contributed by atoms with Crippen molar-refractivity contribution < 1.29 is 9.59 Å². The first-order chi connectivity index (χ1) is 12.9. The number of carbonyl (C=O) groups is 2. The molecule has 1 aliphatic rings. The molecule has 2 aromatic rings. The maximum Gasteiger partial charge on any atom is 0.240 e. The van der Waals surface area contributed by atoms with Crippen molar-refractivity contribution in [2.24, 2.45) is 16.9 Å². The lowest BCUT2D eigenvalue weighted by Gasteiger charge is -2.26. The highest BCUT2D eigenvalue weighted by molar-refractivity contribution is 6.12. The Morgan fingerprint density at radius 1 is 1.04 bits per heavy atom. The molecule has 140 valence electrons. The lowest BCUT2D eigenvalue weighted by Crippen LogP contribution is -2.37. The Morgan fingerprint density at radius 3 is 2.22 bits per heavy atom. The monoisotopic (exact) mass is 363 g/mol. The summed E-state index contributed by atoms with van der Waals surface area (Å²) in [7, 11) is 0. The Kier molecular flexibility index (Phi) is 5.40. The predicted octanol–water partition coefficient (Wildman–Crippen LogP) is 4.17. The van der Waals surface area contributed by atoms with Crippen LogP contribution >= 0.6 is 0 Å². The summed E-state index contributed by atoms with van der Waals surface area (Å²) in [6.07, 6.45) is 0. The molecule has 1 N–H and O–H groups in total. The molecule has 1 aliphatic heterocycles. The Labute approximate surface area is 160 Å². The van der Waals surface area contributed by atoms with E-state index in [0.29, 0.717) is 0 Å². The molecular formula is C22H25N3O2. The summed E-state index contributed by atoms with van der Waals surface area (Å²) in [4.78, 5) is 25.5. The van der Waals surface area contributed by atoms with E-state index in [1.807, 2.05) is 75.4 Å². The quantitative estimate of drug-likeness (QED) is 0.886. The number of benzene rings is 2. The molecule has 5 nitrogen and oxygen atoms in total. The number of carbonyl (C=O) groups excluding carboxylic acids is 2. The van der Waals surface area contributed by atoms with Gasteiger partial charge in [-0.3, -0.25) is 9.59 Å². The lowest BCUT2D eigenvalue weighted by atomic mass is 9.84. The highest BCUT2D eigenvalue weighted by Crippen LogP contribution is 2.38. The SMILES string of the molecule is CC(=O)N1N=C(C(C)C)C(C(=O)Nc2ccccc2)C1c1ccc(C)cc1. The molecule has 2 amide bonds. The van der Waals surface area contributed by atoms with Crippen molar-refractivity contribution in [2.45, 2.75) is 33.7 Å². The highest BCUT2D eigenvalue weighted by Gasteiger charge is 2.45. The van der Waals surface area contributed by atoms with Crippen LogP contribution in [0.3, 0.4) is 0 Å². The van der Waals surface area contributed by atoms with Crippen LogP contribution < -0.4 is 5.32 Å². The molecule has 0 fully saturated rings. The van der Waals surface area contributed by atoms with E-state index in [4.69, 9.17) is 0 Å². The number of nitrogens with zero attached hydrogens (tertiary/aromatic N) is 2. The second-order valence-electron chi connectivity index (χ2n) is 7.23. The van der Waals surface area contributed by atoms with Gasteiger partial charge in [0.2, 0.25) is 11.8 Å². The number of nitrogens with one attached hydrogen (secondary N) is 1. The molecule has 0 radical (unpaired) electrons. The minimum Gasteiger partial charge on any atom is -0.325 e. The van der Waals surface area contributed by atoms with Gasteiger partial charge in [0.15, 0.2) is 0 Å². The lowest BCUT2D eigenvalue weighted by molar-refractivity contribution is -0.132. The van der Waals surface area contributed by atoms with Gasteiger partial charge >= 0.3 is 0 Å². The summed E-state index contributed by atoms with van der Waals surface area (Å²) in [6, 6.07) is 16.8. The van der Waals surface area contributed by atoms with Crippen molar-refractivity contribution in [1.29, 1.82) is 0 Å². The number of anilines is 1. The molecule has 0 spiro atoms. The van der Waals surface area contributed by atoms with Crippen molar-refractivity contribution >= 4 is 23.2 Å². The molecule has 1 heterocycles. The number of hydrazone groups is 1. The maximum atomic E-state index is 13.2. The second-order valence-corrected chi connectivity index (χ2v) is 7.23. The second kappa shape index (κ2) is 7.74. The molecule has 0 aliphatic carbocycles. The zero-order valence-electron chi connectivity index (χ0n) is 16.1. The zero-order chi connectivity index (χ0) is 19.6. The smallest absolute Gasteiger partial charge is 0.240 e. The van der Waals surface area contributed by atoms with Crippen LogP contribution in [-0.4, -0.2) is 22.5 Å². The average molecular weight is 363 g/mol. The third-order valence-corrected chi connectivity index (χ3v) is 4.78. The van der Waals surface area contributed by atoms with E-state index < -0.39 is 12.0 Å². The minimum atomic E-state index is -0.531. The highest BCUT2D eigenvalue weighted by atomic mass is 16.2. The first kappa shape index (κ1) is 18.8. The first-order valence-corrected chi connectivity index (χ1v) is 9.19. The maximum absolute atomic E-state index is 13.2. The first-order valence-electron chi connectivity index (χ1n) is 9.19. The van der Waals surface area contributed by atoms with E-state index >= 15 is 0 Å². The van der Waals surface area contributed by atoms with Crippen molar-refractivity contribution in [2.75, 3.05) is 5.32 Å². The fourth-order valence-corrected chi connectivity index (χ4v) is 3.41. The Balaban J connectivity index is 2.01. The van der Waals surface area contributed by atoms with Crippen LogP contribution in [0.15, 0.2) is 59.7 Å². The summed E-state index contributed by atoms with van der Waals surface area (Å²) < 4.78 is 0. The largest absolute Gasteiger partial charge is 0.325 e. The van der Waals surface area contributed by atoms with Gasteiger partial charge < -0.3 is 5.32 Å².